The van der Waals surface area contributed by atoms with Crippen molar-refractivity contribution in [2.24, 2.45) is 0 Å². The Morgan fingerprint density at radius 2 is 1.93 bits per heavy atom. The van der Waals surface area contributed by atoms with Gasteiger partial charge in [0.2, 0.25) is 0 Å². The van der Waals surface area contributed by atoms with Gasteiger partial charge in [0.15, 0.2) is 0 Å². The summed E-state index contributed by atoms with van der Waals surface area (Å²) in [7, 11) is 1.82. The van der Waals surface area contributed by atoms with Gasteiger partial charge in [0.25, 0.3) is 5.91 Å². The molecule has 1 spiro atoms. The van der Waals surface area contributed by atoms with Crippen LogP contribution < -0.4 is 0 Å². The summed E-state index contributed by atoms with van der Waals surface area (Å²) < 4.78 is 5.31. The molecule has 2 amide bonds. The minimum absolute atomic E-state index is 0.0378. The van der Waals surface area contributed by atoms with Crippen LogP contribution in [0.1, 0.15) is 55.8 Å². The number of benzene rings is 1. The summed E-state index contributed by atoms with van der Waals surface area (Å²) in [6.07, 6.45) is 5.56. The number of carbonyl (C=O) groups is 2. The van der Waals surface area contributed by atoms with Crippen LogP contribution in [0.4, 0.5) is 4.79 Å². The van der Waals surface area contributed by atoms with E-state index in [1.807, 2.05) is 18.9 Å². The molecular weight excluding hydrogens is 387 g/mol. The van der Waals surface area contributed by atoms with Crippen molar-refractivity contribution in [2.75, 3.05) is 20.2 Å². The van der Waals surface area contributed by atoms with Crippen LogP contribution in [0.25, 0.3) is 0 Å². The maximum Gasteiger partial charge on any atom is 0.410 e. The molecule has 27 heavy (non-hydrogen) atoms. The van der Waals surface area contributed by atoms with E-state index in [4.69, 9.17) is 27.9 Å². The fourth-order valence-electron chi connectivity index (χ4n) is 4.69. The van der Waals surface area contributed by atoms with Crippen molar-refractivity contribution in [1.29, 1.82) is 0 Å². The van der Waals surface area contributed by atoms with Gasteiger partial charge in [-0.15, -0.1) is 0 Å². The minimum Gasteiger partial charge on any atom is -0.450 e. The molecule has 7 heteroatoms. The number of nitrogens with zero attached hydrogens (tertiary/aromatic N) is 2. The van der Waals surface area contributed by atoms with E-state index in [2.05, 4.69) is 0 Å². The molecule has 1 aliphatic carbocycles. The number of amides is 2. The average Bonchev–Trinajstić information content (AvgIpc) is 3.01. The Balaban J connectivity index is 1.88. The first-order valence-electron chi connectivity index (χ1n) is 9.57. The number of hydrogen-bond donors (Lipinski definition) is 0. The van der Waals surface area contributed by atoms with E-state index >= 15 is 0 Å². The quantitative estimate of drug-likeness (QED) is 0.701. The second kappa shape index (κ2) is 8.27. The molecule has 0 aromatic heterocycles. The first kappa shape index (κ1) is 20.3. The number of likely N-dealkylation sites (N-methyl/N-ethyl adjacent to an activating group) is 1. The van der Waals surface area contributed by atoms with E-state index in [-0.39, 0.29) is 23.6 Å². The summed E-state index contributed by atoms with van der Waals surface area (Å²) in [6, 6.07) is 4.90. The zero-order chi connectivity index (χ0) is 19.6. The third-order valence-electron chi connectivity index (χ3n) is 5.95. The Morgan fingerprint density at radius 1 is 1.22 bits per heavy atom. The second-order valence-electron chi connectivity index (χ2n) is 7.36. The molecule has 1 unspecified atom stereocenters. The lowest BCUT2D eigenvalue weighted by Gasteiger charge is -2.47. The minimum atomic E-state index is -0.342. The standard InChI is InChI=1S/C20H26Cl2N2O3/c1-3-27-19(26)24-12-9-17(20(24)10-5-4-6-11-20)23(2)18(25)14-7-8-15(21)16(22)13-14/h7-8,13,17H,3-6,9-12H2,1-2H3. The Morgan fingerprint density at radius 3 is 2.56 bits per heavy atom. The molecule has 1 aromatic rings. The first-order chi connectivity index (χ1) is 12.9. The molecule has 1 aromatic carbocycles. The average molecular weight is 413 g/mol. The van der Waals surface area contributed by atoms with Gasteiger partial charge in [-0.05, 0) is 44.4 Å². The summed E-state index contributed by atoms with van der Waals surface area (Å²) in [6.45, 7) is 2.79. The summed E-state index contributed by atoms with van der Waals surface area (Å²) in [5.41, 5.74) is 0.165. The van der Waals surface area contributed by atoms with Crippen LogP contribution in [0.3, 0.4) is 0 Å². The highest BCUT2D eigenvalue weighted by Crippen LogP contribution is 2.44. The molecule has 0 N–H and O–H groups in total. The van der Waals surface area contributed by atoms with E-state index in [9.17, 15) is 9.59 Å². The first-order valence-corrected chi connectivity index (χ1v) is 10.3. The molecule has 3 rings (SSSR count). The molecule has 1 saturated heterocycles. The molecule has 1 heterocycles. The van der Waals surface area contributed by atoms with Crippen LogP contribution in [0.5, 0.6) is 0 Å². The molecule has 1 aliphatic heterocycles. The van der Waals surface area contributed by atoms with Gasteiger partial charge in [-0.3, -0.25) is 4.79 Å². The zero-order valence-electron chi connectivity index (χ0n) is 15.8. The third-order valence-corrected chi connectivity index (χ3v) is 6.68. The molecule has 0 bridgehead atoms. The number of likely N-dealkylation sites (tertiary alicyclic amines) is 1. The van der Waals surface area contributed by atoms with Gasteiger partial charge in [-0.25, -0.2) is 4.79 Å². The van der Waals surface area contributed by atoms with E-state index in [0.29, 0.717) is 28.8 Å². The molecule has 1 saturated carbocycles. The van der Waals surface area contributed by atoms with Crippen molar-refractivity contribution in [3.63, 3.8) is 0 Å². The predicted molar refractivity (Wildman–Crippen MR) is 107 cm³/mol. The van der Waals surface area contributed by atoms with Gasteiger partial charge in [0.05, 0.1) is 28.2 Å². The van der Waals surface area contributed by atoms with Crippen LogP contribution >= 0.6 is 23.2 Å². The Kier molecular flexibility index (Phi) is 6.21. The lowest BCUT2D eigenvalue weighted by Crippen LogP contribution is -2.59. The van der Waals surface area contributed by atoms with E-state index in [1.165, 1.54) is 0 Å². The maximum atomic E-state index is 13.1. The number of rotatable bonds is 3. The van der Waals surface area contributed by atoms with Crippen molar-refractivity contribution < 1.29 is 14.3 Å². The highest BCUT2D eigenvalue weighted by molar-refractivity contribution is 6.42. The fourth-order valence-corrected chi connectivity index (χ4v) is 4.99. The molecule has 148 valence electrons. The second-order valence-corrected chi connectivity index (χ2v) is 8.18. The van der Waals surface area contributed by atoms with Gasteiger partial charge in [-0.1, -0.05) is 42.5 Å². The summed E-state index contributed by atoms with van der Waals surface area (Å²) in [5, 5.41) is 0.789. The van der Waals surface area contributed by atoms with Gasteiger partial charge < -0.3 is 14.5 Å². The third kappa shape index (κ3) is 3.77. The lowest BCUT2D eigenvalue weighted by atomic mass is 9.76. The smallest absolute Gasteiger partial charge is 0.410 e. The molecule has 1 atom stereocenters. The zero-order valence-corrected chi connectivity index (χ0v) is 17.4. The van der Waals surface area contributed by atoms with Gasteiger partial charge in [0, 0.05) is 19.2 Å². The summed E-state index contributed by atoms with van der Waals surface area (Å²) in [5.74, 6) is -0.103. The van der Waals surface area contributed by atoms with E-state index in [0.717, 1.165) is 38.5 Å². The normalized spacial score (nSPS) is 21.3. The molecule has 2 aliphatic rings. The van der Waals surface area contributed by atoms with Gasteiger partial charge in [-0.2, -0.15) is 0 Å². The van der Waals surface area contributed by atoms with Crippen molar-refractivity contribution in [3.05, 3.63) is 33.8 Å². The summed E-state index contributed by atoms with van der Waals surface area (Å²) >= 11 is 12.1. The highest BCUT2D eigenvalue weighted by Gasteiger charge is 2.53. The highest BCUT2D eigenvalue weighted by atomic mass is 35.5. The van der Waals surface area contributed by atoms with Crippen LogP contribution in [0, 0.1) is 0 Å². The predicted octanol–water partition coefficient (Wildman–Crippen LogP) is 5.00. The van der Waals surface area contributed by atoms with Crippen LogP contribution in [0.15, 0.2) is 18.2 Å². The SMILES string of the molecule is CCOC(=O)N1CCC(N(C)C(=O)c2ccc(Cl)c(Cl)c2)C12CCCCC2. The lowest BCUT2D eigenvalue weighted by molar-refractivity contribution is 0.0208. The van der Waals surface area contributed by atoms with Crippen LogP contribution in [0.2, 0.25) is 10.0 Å². The van der Waals surface area contributed by atoms with E-state index < -0.39 is 0 Å². The Bertz CT molecular complexity index is 719. The monoisotopic (exact) mass is 412 g/mol. The Hall–Kier alpha value is -1.46. The van der Waals surface area contributed by atoms with Crippen molar-refractivity contribution in [2.45, 2.75) is 57.0 Å². The fraction of sp³-hybridized carbons (Fsp3) is 0.600. The summed E-state index contributed by atoms with van der Waals surface area (Å²) in [4.78, 5) is 29.3. The van der Waals surface area contributed by atoms with Crippen molar-refractivity contribution in [3.8, 4) is 0 Å². The van der Waals surface area contributed by atoms with Crippen LogP contribution in [-0.2, 0) is 4.74 Å². The molecule has 0 radical (unpaired) electrons. The van der Waals surface area contributed by atoms with Gasteiger partial charge in [0.1, 0.15) is 0 Å². The number of carbonyl (C=O) groups excluding carboxylic acids is 2. The molecular formula is C20H26Cl2N2O3. The molecule has 5 nitrogen and oxygen atoms in total. The largest absolute Gasteiger partial charge is 0.450 e. The van der Waals surface area contributed by atoms with Crippen molar-refractivity contribution in [1.82, 2.24) is 9.80 Å². The number of ether oxygens (including phenoxy) is 1. The van der Waals surface area contributed by atoms with Crippen LogP contribution in [-0.4, -0.2) is 53.6 Å². The van der Waals surface area contributed by atoms with Gasteiger partial charge >= 0.3 is 6.09 Å². The maximum absolute atomic E-state index is 13.1. The Labute approximate surface area is 170 Å². The van der Waals surface area contributed by atoms with Crippen molar-refractivity contribution >= 4 is 35.2 Å². The number of halogens is 2. The van der Waals surface area contributed by atoms with E-state index in [1.54, 1.807) is 23.1 Å². The topological polar surface area (TPSA) is 49.9 Å². The molecule has 2 fully saturated rings. The number of hydrogen-bond acceptors (Lipinski definition) is 3.